The van der Waals surface area contributed by atoms with E-state index in [1.165, 1.54) is 36.3 Å². The van der Waals surface area contributed by atoms with Gasteiger partial charge in [0.25, 0.3) is 5.91 Å². The summed E-state index contributed by atoms with van der Waals surface area (Å²) in [4.78, 5) is 20.1. The second kappa shape index (κ2) is 8.86. The molecule has 1 aromatic heterocycles. The maximum Gasteiger partial charge on any atom is 0.265 e. The van der Waals surface area contributed by atoms with Gasteiger partial charge in [-0.15, -0.1) is 36.2 Å². The summed E-state index contributed by atoms with van der Waals surface area (Å²) in [6, 6.07) is 7.65. The lowest BCUT2D eigenvalue weighted by atomic mass is 9.98. The van der Waals surface area contributed by atoms with E-state index in [0.29, 0.717) is 23.0 Å². The van der Waals surface area contributed by atoms with Crippen LogP contribution in [-0.4, -0.2) is 41.0 Å². The number of carbonyl (C=O) groups excluding carboxylic acids is 1. The molecule has 27 heavy (non-hydrogen) atoms. The molecule has 2 aromatic rings. The molecule has 2 saturated heterocycles. The molecule has 0 saturated carbocycles. The van der Waals surface area contributed by atoms with Crippen molar-refractivity contribution >= 4 is 42.1 Å². The van der Waals surface area contributed by atoms with Crippen LogP contribution in [0, 0.1) is 12.7 Å². The van der Waals surface area contributed by atoms with Crippen molar-refractivity contribution in [2.24, 2.45) is 0 Å². The molecule has 1 N–H and O–H groups in total. The number of amides is 1. The third kappa shape index (κ3) is 4.45. The Morgan fingerprint density at radius 2 is 1.78 bits per heavy atom. The summed E-state index contributed by atoms with van der Waals surface area (Å²) in [6.07, 6.45) is 4.50. The monoisotopic (exact) mass is 431 g/mol. The molecule has 2 aliphatic rings. The summed E-state index contributed by atoms with van der Waals surface area (Å²) in [5.74, 6) is -0.219. The highest BCUT2D eigenvalue weighted by Gasteiger charge is 2.37. The lowest BCUT2D eigenvalue weighted by Gasteiger charge is -2.35. The smallest absolute Gasteiger partial charge is 0.265 e. The number of thiazole rings is 1. The molecule has 8 heteroatoms. The lowest BCUT2D eigenvalue weighted by Crippen LogP contribution is -2.48. The summed E-state index contributed by atoms with van der Waals surface area (Å²) in [6.45, 7) is 1.87. The molecule has 2 atom stereocenters. The summed E-state index contributed by atoms with van der Waals surface area (Å²) < 4.78 is 13.1. The summed E-state index contributed by atoms with van der Waals surface area (Å²) in [7, 11) is 1.91. The number of hydrogen-bond donors (Lipinski definition) is 1. The topological polar surface area (TPSA) is 45.2 Å². The number of rotatable bonds is 3. The van der Waals surface area contributed by atoms with E-state index < -0.39 is 0 Å². The Labute approximate surface area is 175 Å². The number of carbonyl (C=O) groups is 1. The molecule has 2 aliphatic heterocycles. The van der Waals surface area contributed by atoms with Crippen molar-refractivity contribution in [2.45, 2.75) is 50.7 Å². The van der Waals surface area contributed by atoms with Crippen molar-refractivity contribution in [1.29, 1.82) is 0 Å². The van der Waals surface area contributed by atoms with Crippen molar-refractivity contribution in [3.8, 4) is 10.6 Å². The van der Waals surface area contributed by atoms with Gasteiger partial charge in [-0.05, 0) is 56.9 Å². The Balaban J connectivity index is 0.00000131. The fraction of sp³-hybridized carbons (Fsp3) is 0.474. The highest BCUT2D eigenvalue weighted by atomic mass is 35.5. The first-order valence-corrected chi connectivity index (χ1v) is 9.59. The zero-order valence-electron chi connectivity index (χ0n) is 15.3. The zero-order chi connectivity index (χ0) is 17.6. The van der Waals surface area contributed by atoms with Crippen LogP contribution in [0.3, 0.4) is 0 Å². The van der Waals surface area contributed by atoms with Crippen LogP contribution in [0.15, 0.2) is 24.3 Å². The largest absolute Gasteiger partial charge is 0.338 e. The number of hydrogen-bond acceptors (Lipinski definition) is 4. The van der Waals surface area contributed by atoms with Crippen molar-refractivity contribution in [1.82, 2.24) is 15.2 Å². The molecule has 0 aliphatic carbocycles. The van der Waals surface area contributed by atoms with Gasteiger partial charge in [0.15, 0.2) is 0 Å². The zero-order valence-corrected chi connectivity index (χ0v) is 17.7. The van der Waals surface area contributed by atoms with Gasteiger partial charge in [0.05, 0.1) is 5.69 Å². The highest BCUT2D eigenvalue weighted by molar-refractivity contribution is 7.17. The molecule has 3 heterocycles. The fourth-order valence-electron chi connectivity index (χ4n) is 3.98. The van der Waals surface area contributed by atoms with Gasteiger partial charge in [-0.1, -0.05) is 0 Å². The van der Waals surface area contributed by atoms with E-state index in [2.05, 4.69) is 10.3 Å². The van der Waals surface area contributed by atoms with E-state index in [4.69, 9.17) is 0 Å². The number of benzene rings is 1. The molecule has 148 valence electrons. The molecular weight excluding hydrogens is 408 g/mol. The predicted molar refractivity (Wildman–Crippen MR) is 112 cm³/mol. The second-order valence-corrected chi connectivity index (χ2v) is 8.12. The Morgan fingerprint density at radius 1 is 1.19 bits per heavy atom. The van der Waals surface area contributed by atoms with Gasteiger partial charge >= 0.3 is 0 Å². The van der Waals surface area contributed by atoms with Gasteiger partial charge in [-0.2, -0.15) is 0 Å². The quantitative estimate of drug-likeness (QED) is 0.779. The molecule has 1 aromatic carbocycles. The van der Waals surface area contributed by atoms with Crippen molar-refractivity contribution in [3.05, 3.63) is 40.7 Å². The van der Waals surface area contributed by atoms with Gasteiger partial charge in [0.1, 0.15) is 15.7 Å². The first kappa shape index (κ1) is 22.1. The number of aromatic nitrogens is 1. The number of piperidine rings is 1. The molecule has 2 unspecified atom stereocenters. The molecule has 4 rings (SSSR count). The van der Waals surface area contributed by atoms with Crippen molar-refractivity contribution in [2.75, 3.05) is 7.05 Å². The number of nitrogens with zero attached hydrogens (tertiary/aromatic N) is 2. The van der Waals surface area contributed by atoms with Crippen LogP contribution in [0.5, 0.6) is 0 Å². The first-order valence-electron chi connectivity index (χ1n) is 8.78. The van der Waals surface area contributed by atoms with Gasteiger partial charge in [0, 0.05) is 30.7 Å². The molecule has 2 fully saturated rings. The van der Waals surface area contributed by atoms with Crippen LogP contribution in [0.4, 0.5) is 4.39 Å². The minimum atomic E-state index is -0.270. The summed E-state index contributed by atoms with van der Waals surface area (Å²) in [5, 5.41) is 4.38. The van der Waals surface area contributed by atoms with E-state index in [1.807, 2.05) is 18.9 Å². The van der Waals surface area contributed by atoms with Gasteiger partial charge in [-0.25, -0.2) is 9.37 Å². The van der Waals surface area contributed by atoms with Crippen LogP contribution in [0.25, 0.3) is 10.6 Å². The van der Waals surface area contributed by atoms with E-state index >= 15 is 0 Å². The van der Waals surface area contributed by atoms with Crippen LogP contribution in [0.2, 0.25) is 0 Å². The number of halogens is 3. The Kier molecular flexibility index (Phi) is 7.25. The second-order valence-electron chi connectivity index (χ2n) is 7.12. The van der Waals surface area contributed by atoms with Crippen molar-refractivity contribution < 1.29 is 9.18 Å². The van der Waals surface area contributed by atoms with Gasteiger partial charge in [0.2, 0.25) is 0 Å². The van der Waals surface area contributed by atoms with E-state index in [-0.39, 0.29) is 36.5 Å². The number of fused-ring (bicyclic) bond motifs is 2. The van der Waals surface area contributed by atoms with E-state index in [0.717, 1.165) is 29.1 Å². The Bertz CT molecular complexity index is 787. The van der Waals surface area contributed by atoms with Crippen LogP contribution < -0.4 is 5.32 Å². The third-order valence-electron chi connectivity index (χ3n) is 5.40. The molecule has 0 spiro atoms. The molecule has 4 nitrogen and oxygen atoms in total. The third-order valence-corrected chi connectivity index (χ3v) is 6.59. The van der Waals surface area contributed by atoms with Gasteiger partial charge < -0.3 is 10.2 Å². The van der Waals surface area contributed by atoms with Crippen LogP contribution >= 0.6 is 36.2 Å². The molecule has 0 radical (unpaired) electrons. The SMILES string of the molecule is Cc1nc(-c2ccc(F)cc2)sc1C(=O)N(C)C1CC2CCC(C1)N2.Cl.Cl. The minimum absolute atomic E-state index is 0. The number of aryl methyl sites for hydroxylation is 1. The lowest BCUT2D eigenvalue weighted by molar-refractivity contribution is 0.0685. The fourth-order valence-corrected chi connectivity index (χ4v) is 5.03. The average Bonchev–Trinajstić information content (AvgIpc) is 3.16. The van der Waals surface area contributed by atoms with E-state index in [1.54, 1.807) is 12.1 Å². The van der Waals surface area contributed by atoms with Crippen molar-refractivity contribution in [3.63, 3.8) is 0 Å². The first-order chi connectivity index (χ1) is 12.0. The highest BCUT2D eigenvalue weighted by Crippen LogP contribution is 2.32. The number of nitrogens with one attached hydrogen (secondary N) is 1. The maximum absolute atomic E-state index is 13.1. The molecule has 1 amide bonds. The predicted octanol–water partition coefficient (Wildman–Crippen LogP) is 4.46. The maximum atomic E-state index is 13.1. The average molecular weight is 432 g/mol. The van der Waals surface area contributed by atoms with E-state index in [9.17, 15) is 9.18 Å². The van der Waals surface area contributed by atoms with Crippen LogP contribution in [0.1, 0.15) is 41.0 Å². The Hall–Kier alpha value is -1.21. The van der Waals surface area contributed by atoms with Gasteiger partial charge in [-0.3, -0.25) is 4.79 Å². The Morgan fingerprint density at radius 3 is 2.37 bits per heavy atom. The normalized spacial score (nSPS) is 23.3. The summed E-state index contributed by atoms with van der Waals surface area (Å²) in [5.41, 5.74) is 1.59. The van der Waals surface area contributed by atoms with Crippen LogP contribution in [-0.2, 0) is 0 Å². The standard InChI is InChI=1S/C19H22FN3OS.2ClH/c1-11-17(25-18(21-11)12-3-5-13(20)6-4-12)19(24)23(2)16-9-14-7-8-15(10-16)22-14;;/h3-6,14-16,22H,7-10H2,1-2H3;2*1H. The summed E-state index contributed by atoms with van der Waals surface area (Å²) >= 11 is 1.40. The molecular formula is C19H24Cl2FN3OS. The minimum Gasteiger partial charge on any atom is -0.338 e. The molecule has 2 bridgehead atoms.